The molecule has 6 heteroatoms. The number of imidazole rings is 1. The van der Waals surface area contributed by atoms with Crippen LogP contribution in [0.4, 0.5) is 5.82 Å². The summed E-state index contributed by atoms with van der Waals surface area (Å²) in [6.45, 7) is 0. The Labute approximate surface area is 73.3 Å². The molecule has 0 bridgehead atoms. The fourth-order valence-corrected chi connectivity index (χ4v) is 1.29. The van der Waals surface area contributed by atoms with E-state index in [9.17, 15) is 5.11 Å². The summed E-state index contributed by atoms with van der Waals surface area (Å²) in [6, 6.07) is 0. The lowest BCUT2D eigenvalue weighted by Gasteiger charge is -1.96. The van der Waals surface area contributed by atoms with E-state index >= 15 is 0 Å². The van der Waals surface area contributed by atoms with Gasteiger partial charge in [0.1, 0.15) is 0 Å². The molecule has 0 saturated carbocycles. The zero-order valence-corrected chi connectivity index (χ0v) is 6.86. The summed E-state index contributed by atoms with van der Waals surface area (Å²) >= 11 is 4.03. The minimum Gasteiger partial charge on any atom is -0.492 e. The van der Waals surface area contributed by atoms with Gasteiger partial charge in [0.2, 0.25) is 5.88 Å². The summed E-state index contributed by atoms with van der Waals surface area (Å²) in [5.74, 6) is 0.0911. The standard InChI is InChI=1S/C6H6N4OS/c7-4-3-5(11)9-6(12)10(3)2-1-8-4/h1-2,11H,(H2,7,8)(H,9,12). The summed E-state index contributed by atoms with van der Waals surface area (Å²) in [6.07, 6.45) is 3.14. The number of hydrogen-bond donors (Lipinski definition) is 3. The van der Waals surface area contributed by atoms with Crippen LogP contribution in [0.1, 0.15) is 0 Å². The first-order valence-corrected chi connectivity index (χ1v) is 3.65. The molecule has 0 aliphatic carbocycles. The lowest BCUT2D eigenvalue weighted by molar-refractivity contribution is 0.460. The number of anilines is 1. The molecule has 0 spiro atoms. The fourth-order valence-electron chi connectivity index (χ4n) is 1.03. The SMILES string of the molecule is Nc1nccn2c(S)nc(O)c12. The van der Waals surface area contributed by atoms with E-state index in [4.69, 9.17) is 5.73 Å². The van der Waals surface area contributed by atoms with E-state index in [1.165, 1.54) is 6.20 Å². The molecule has 0 fully saturated rings. The van der Waals surface area contributed by atoms with E-state index in [0.717, 1.165) is 0 Å². The minimum atomic E-state index is -0.148. The van der Waals surface area contributed by atoms with Crippen molar-refractivity contribution in [1.29, 1.82) is 0 Å². The third-order valence-electron chi connectivity index (χ3n) is 1.55. The number of nitrogen functional groups attached to an aromatic ring is 1. The van der Waals surface area contributed by atoms with Gasteiger partial charge in [0.05, 0.1) is 0 Å². The van der Waals surface area contributed by atoms with Crippen molar-refractivity contribution in [2.24, 2.45) is 0 Å². The van der Waals surface area contributed by atoms with Crippen molar-refractivity contribution in [3.8, 4) is 5.88 Å². The molecule has 62 valence electrons. The van der Waals surface area contributed by atoms with Gasteiger partial charge in [0.15, 0.2) is 16.5 Å². The van der Waals surface area contributed by atoms with Crippen molar-refractivity contribution < 1.29 is 5.11 Å². The third-order valence-corrected chi connectivity index (χ3v) is 1.86. The van der Waals surface area contributed by atoms with Crippen molar-refractivity contribution in [2.75, 3.05) is 5.73 Å². The van der Waals surface area contributed by atoms with Gasteiger partial charge in [-0.1, -0.05) is 0 Å². The van der Waals surface area contributed by atoms with E-state index in [0.29, 0.717) is 10.7 Å². The smallest absolute Gasteiger partial charge is 0.242 e. The van der Waals surface area contributed by atoms with Crippen LogP contribution in [0.2, 0.25) is 0 Å². The molecule has 12 heavy (non-hydrogen) atoms. The van der Waals surface area contributed by atoms with Gasteiger partial charge in [-0.2, -0.15) is 4.98 Å². The number of aromatic hydroxyl groups is 1. The summed E-state index contributed by atoms with van der Waals surface area (Å²) in [4.78, 5) is 7.52. The normalized spacial score (nSPS) is 10.8. The van der Waals surface area contributed by atoms with Crippen LogP contribution in [0.5, 0.6) is 5.88 Å². The molecule has 5 nitrogen and oxygen atoms in total. The molecule has 2 heterocycles. The Hall–Kier alpha value is -1.43. The van der Waals surface area contributed by atoms with E-state index in [1.54, 1.807) is 10.6 Å². The molecule has 0 atom stereocenters. The van der Waals surface area contributed by atoms with E-state index in [2.05, 4.69) is 22.6 Å². The highest BCUT2D eigenvalue weighted by Crippen LogP contribution is 2.24. The average molecular weight is 182 g/mol. The lowest BCUT2D eigenvalue weighted by atomic mass is 10.5. The summed E-state index contributed by atoms with van der Waals surface area (Å²) in [5, 5.41) is 9.66. The maximum absolute atomic E-state index is 9.27. The zero-order valence-electron chi connectivity index (χ0n) is 5.97. The van der Waals surface area contributed by atoms with Gasteiger partial charge in [0, 0.05) is 12.4 Å². The second-order valence-electron chi connectivity index (χ2n) is 2.27. The molecule has 0 radical (unpaired) electrons. The second kappa shape index (κ2) is 2.28. The third kappa shape index (κ3) is 0.814. The van der Waals surface area contributed by atoms with Crippen LogP contribution in [0.15, 0.2) is 17.6 Å². The Bertz CT molecular complexity index is 438. The first-order chi connectivity index (χ1) is 5.70. The molecule has 2 rings (SSSR count). The lowest BCUT2D eigenvalue weighted by Crippen LogP contribution is -1.94. The first-order valence-electron chi connectivity index (χ1n) is 3.20. The number of nitrogens with two attached hydrogens (primary N) is 1. The van der Waals surface area contributed by atoms with Crippen molar-refractivity contribution >= 4 is 24.0 Å². The Balaban J connectivity index is 2.99. The van der Waals surface area contributed by atoms with Gasteiger partial charge in [-0.15, -0.1) is 12.6 Å². The monoisotopic (exact) mass is 182 g/mol. The largest absolute Gasteiger partial charge is 0.492 e. The van der Waals surface area contributed by atoms with E-state index in [1.807, 2.05) is 0 Å². The number of aromatic nitrogens is 3. The van der Waals surface area contributed by atoms with Gasteiger partial charge in [-0.05, 0) is 0 Å². The number of rotatable bonds is 0. The molecule has 0 aliphatic rings. The number of hydrogen-bond acceptors (Lipinski definition) is 5. The van der Waals surface area contributed by atoms with Crippen LogP contribution in [-0.2, 0) is 0 Å². The maximum atomic E-state index is 9.27. The van der Waals surface area contributed by atoms with Crippen LogP contribution in [0.3, 0.4) is 0 Å². The first kappa shape index (κ1) is 7.23. The molecular formula is C6H6N4OS. The van der Waals surface area contributed by atoms with Crippen LogP contribution < -0.4 is 5.73 Å². The van der Waals surface area contributed by atoms with Crippen LogP contribution in [-0.4, -0.2) is 19.5 Å². The predicted octanol–water partition coefficient (Wildman–Crippen LogP) is 0.306. The number of nitrogens with zero attached hydrogens (tertiary/aromatic N) is 3. The quantitative estimate of drug-likeness (QED) is 0.512. The summed E-state index contributed by atoms with van der Waals surface area (Å²) in [5.41, 5.74) is 5.90. The molecule has 2 aromatic rings. The Morgan fingerprint density at radius 2 is 2.33 bits per heavy atom. The van der Waals surface area contributed by atoms with Gasteiger partial charge in [0.25, 0.3) is 0 Å². The zero-order chi connectivity index (χ0) is 8.72. The van der Waals surface area contributed by atoms with Crippen LogP contribution in [0, 0.1) is 0 Å². The predicted molar refractivity (Wildman–Crippen MR) is 46.3 cm³/mol. The van der Waals surface area contributed by atoms with Gasteiger partial charge in [-0.25, -0.2) is 4.98 Å². The Morgan fingerprint density at radius 3 is 3.00 bits per heavy atom. The van der Waals surface area contributed by atoms with Crippen molar-refractivity contribution in [3.63, 3.8) is 0 Å². The molecule has 0 aliphatic heterocycles. The summed E-state index contributed by atoms with van der Waals surface area (Å²) < 4.78 is 1.56. The maximum Gasteiger partial charge on any atom is 0.242 e. The van der Waals surface area contributed by atoms with Gasteiger partial charge >= 0.3 is 0 Å². The Morgan fingerprint density at radius 1 is 1.58 bits per heavy atom. The summed E-state index contributed by atoms with van der Waals surface area (Å²) in [7, 11) is 0. The minimum absolute atomic E-state index is 0.148. The van der Waals surface area contributed by atoms with Crippen molar-refractivity contribution in [3.05, 3.63) is 12.4 Å². The Kier molecular flexibility index (Phi) is 1.37. The molecule has 2 aromatic heterocycles. The van der Waals surface area contributed by atoms with E-state index < -0.39 is 0 Å². The topological polar surface area (TPSA) is 76.4 Å². The van der Waals surface area contributed by atoms with Crippen molar-refractivity contribution in [1.82, 2.24) is 14.4 Å². The van der Waals surface area contributed by atoms with Gasteiger partial charge in [-0.3, -0.25) is 4.40 Å². The molecule has 0 aromatic carbocycles. The molecular weight excluding hydrogens is 176 g/mol. The second-order valence-corrected chi connectivity index (χ2v) is 2.67. The number of thiol groups is 1. The fraction of sp³-hybridized carbons (Fsp3) is 0. The van der Waals surface area contributed by atoms with E-state index in [-0.39, 0.29) is 11.7 Å². The molecule has 0 amide bonds. The van der Waals surface area contributed by atoms with Gasteiger partial charge < -0.3 is 10.8 Å². The molecule has 0 saturated heterocycles. The molecule has 0 unspecified atom stereocenters. The van der Waals surface area contributed by atoms with Crippen LogP contribution >= 0.6 is 12.6 Å². The highest BCUT2D eigenvalue weighted by molar-refractivity contribution is 7.80. The van der Waals surface area contributed by atoms with Crippen molar-refractivity contribution in [2.45, 2.75) is 5.16 Å². The highest BCUT2D eigenvalue weighted by atomic mass is 32.1. The van der Waals surface area contributed by atoms with Crippen LogP contribution in [0.25, 0.3) is 5.52 Å². The molecule has 3 N–H and O–H groups in total. The highest BCUT2D eigenvalue weighted by Gasteiger charge is 2.09. The average Bonchev–Trinajstić information content (AvgIpc) is 2.29. The number of fused-ring (bicyclic) bond motifs is 1.